The van der Waals surface area contributed by atoms with Gasteiger partial charge in [-0.1, -0.05) is 28.1 Å². The summed E-state index contributed by atoms with van der Waals surface area (Å²) in [4.78, 5) is 0.356. The van der Waals surface area contributed by atoms with Crippen molar-refractivity contribution in [1.82, 2.24) is 4.31 Å². The molecule has 0 radical (unpaired) electrons. The minimum absolute atomic E-state index is 0.00494. The second-order valence-electron chi connectivity index (χ2n) is 4.64. The van der Waals surface area contributed by atoms with Gasteiger partial charge in [-0.15, -0.1) is 0 Å². The van der Waals surface area contributed by atoms with Crippen LogP contribution in [0.4, 0.5) is 0 Å². The maximum absolute atomic E-state index is 12.5. The maximum atomic E-state index is 12.5. The first kappa shape index (κ1) is 15.0. The predicted octanol–water partition coefficient (Wildman–Crippen LogP) is 2.38. The summed E-state index contributed by atoms with van der Waals surface area (Å²) in [7, 11) is -1.76. The minimum Gasteiger partial charge on any atom is -0.380 e. The highest BCUT2D eigenvalue weighted by atomic mass is 79.9. The van der Waals surface area contributed by atoms with Crippen molar-refractivity contribution in [2.75, 3.05) is 20.2 Å². The molecule has 106 valence electrons. The van der Waals surface area contributed by atoms with Crippen molar-refractivity contribution in [1.29, 1.82) is 0 Å². The van der Waals surface area contributed by atoms with Gasteiger partial charge in [-0.05, 0) is 30.5 Å². The zero-order chi connectivity index (χ0) is 13.9. The molecule has 0 bridgehead atoms. The average molecular weight is 348 g/mol. The first-order valence-electron chi connectivity index (χ1n) is 6.26. The van der Waals surface area contributed by atoms with Crippen LogP contribution in [0.1, 0.15) is 18.4 Å². The van der Waals surface area contributed by atoms with E-state index in [-0.39, 0.29) is 6.10 Å². The van der Waals surface area contributed by atoms with Gasteiger partial charge in [0.1, 0.15) is 0 Å². The highest BCUT2D eigenvalue weighted by Crippen LogP contribution is 2.22. The van der Waals surface area contributed by atoms with Crippen LogP contribution in [0.15, 0.2) is 29.2 Å². The molecule has 6 heteroatoms. The van der Waals surface area contributed by atoms with Crippen LogP contribution in [0.25, 0.3) is 0 Å². The maximum Gasteiger partial charge on any atom is 0.243 e. The van der Waals surface area contributed by atoms with Gasteiger partial charge in [0.25, 0.3) is 0 Å². The van der Waals surface area contributed by atoms with Crippen LogP contribution >= 0.6 is 15.9 Å². The normalized spacial score (nSPS) is 21.5. The van der Waals surface area contributed by atoms with E-state index in [1.54, 1.807) is 19.2 Å². The van der Waals surface area contributed by atoms with Gasteiger partial charge in [-0.2, -0.15) is 4.31 Å². The molecule has 1 aromatic carbocycles. The molecule has 0 amide bonds. The Hall–Kier alpha value is -0.430. The monoisotopic (exact) mass is 347 g/mol. The van der Waals surface area contributed by atoms with E-state index in [0.717, 1.165) is 23.7 Å². The van der Waals surface area contributed by atoms with Crippen LogP contribution in [-0.2, 0) is 20.1 Å². The molecule has 0 spiro atoms. The highest BCUT2D eigenvalue weighted by Gasteiger charge is 2.30. The van der Waals surface area contributed by atoms with Crippen molar-refractivity contribution in [3.05, 3.63) is 29.8 Å². The lowest BCUT2D eigenvalue weighted by Crippen LogP contribution is -2.42. The summed E-state index contributed by atoms with van der Waals surface area (Å²) in [6, 6.07) is 7.00. The molecule has 0 saturated carbocycles. The standard InChI is InChI=1S/C13H18BrNO3S/c1-18-12-3-2-8-15(10-12)19(16,17)13-6-4-11(9-14)5-7-13/h4-7,12H,2-3,8-10H2,1H3. The van der Waals surface area contributed by atoms with Crippen molar-refractivity contribution in [2.45, 2.75) is 29.2 Å². The Bertz CT molecular complexity index is 515. The molecule has 1 aliphatic heterocycles. The number of hydrogen-bond acceptors (Lipinski definition) is 3. The first-order chi connectivity index (χ1) is 9.07. The molecule has 1 atom stereocenters. The van der Waals surface area contributed by atoms with Gasteiger partial charge in [-0.25, -0.2) is 8.42 Å². The third-order valence-electron chi connectivity index (χ3n) is 3.39. The quantitative estimate of drug-likeness (QED) is 0.785. The fraction of sp³-hybridized carbons (Fsp3) is 0.538. The molecular formula is C13H18BrNO3S. The molecule has 2 rings (SSSR count). The lowest BCUT2D eigenvalue weighted by atomic mass is 10.1. The fourth-order valence-corrected chi connectivity index (χ4v) is 4.10. The average Bonchev–Trinajstić information content (AvgIpc) is 2.47. The molecule has 1 unspecified atom stereocenters. The number of alkyl halides is 1. The van der Waals surface area contributed by atoms with Gasteiger partial charge in [0.2, 0.25) is 10.0 Å². The van der Waals surface area contributed by atoms with Crippen molar-refractivity contribution < 1.29 is 13.2 Å². The fourth-order valence-electron chi connectivity index (χ4n) is 2.22. The second-order valence-corrected chi connectivity index (χ2v) is 7.14. The topological polar surface area (TPSA) is 46.6 Å². The molecule has 19 heavy (non-hydrogen) atoms. The Morgan fingerprint density at radius 1 is 1.37 bits per heavy atom. The smallest absolute Gasteiger partial charge is 0.243 e. The molecule has 0 aliphatic carbocycles. The number of ether oxygens (including phenoxy) is 1. The number of sulfonamides is 1. The lowest BCUT2D eigenvalue weighted by molar-refractivity contribution is 0.0572. The SMILES string of the molecule is COC1CCCN(S(=O)(=O)c2ccc(CBr)cc2)C1. The van der Waals surface area contributed by atoms with E-state index in [9.17, 15) is 8.42 Å². The highest BCUT2D eigenvalue weighted by molar-refractivity contribution is 9.08. The molecule has 1 aliphatic rings. The number of benzene rings is 1. The zero-order valence-corrected chi connectivity index (χ0v) is 13.3. The summed E-state index contributed by atoms with van der Waals surface area (Å²) >= 11 is 3.35. The van der Waals surface area contributed by atoms with Crippen LogP contribution in [-0.4, -0.2) is 39.0 Å². The summed E-state index contributed by atoms with van der Waals surface area (Å²) in [6.45, 7) is 1.02. The van der Waals surface area contributed by atoms with Gasteiger partial charge < -0.3 is 4.74 Å². The first-order valence-corrected chi connectivity index (χ1v) is 8.82. The minimum atomic E-state index is -3.39. The Labute approximate surface area is 122 Å². The number of halogens is 1. The van der Waals surface area contributed by atoms with Crippen molar-refractivity contribution in [3.63, 3.8) is 0 Å². The van der Waals surface area contributed by atoms with E-state index in [0.29, 0.717) is 18.0 Å². The molecule has 1 heterocycles. The van der Waals surface area contributed by atoms with Crippen LogP contribution in [0, 0.1) is 0 Å². The number of hydrogen-bond donors (Lipinski definition) is 0. The summed E-state index contributed by atoms with van der Waals surface area (Å²) in [5.74, 6) is 0. The molecule has 4 nitrogen and oxygen atoms in total. The van der Waals surface area contributed by atoms with Gasteiger partial charge in [0.15, 0.2) is 0 Å². The Balaban J connectivity index is 2.20. The Morgan fingerprint density at radius 3 is 2.63 bits per heavy atom. The lowest BCUT2D eigenvalue weighted by Gasteiger charge is -2.31. The molecule has 1 saturated heterocycles. The largest absolute Gasteiger partial charge is 0.380 e. The van der Waals surface area contributed by atoms with Gasteiger partial charge in [0, 0.05) is 25.5 Å². The van der Waals surface area contributed by atoms with Crippen molar-refractivity contribution in [3.8, 4) is 0 Å². The van der Waals surface area contributed by atoms with Gasteiger partial charge >= 0.3 is 0 Å². The third kappa shape index (κ3) is 3.37. The van der Waals surface area contributed by atoms with Crippen molar-refractivity contribution >= 4 is 26.0 Å². The van der Waals surface area contributed by atoms with E-state index in [4.69, 9.17) is 4.74 Å². The second kappa shape index (κ2) is 6.35. The molecule has 0 aromatic heterocycles. The summed E-state index contributed by atoms with van der Waals surface area (Å²) in [5, 5.41) is 0.725. The van der Waals surface area contributed by atoms with E-state index >= 15 is 0 Å². The van der Waals surface area contributed by atoms with Crippen LogP contribution in [0.2, 0.25) is 0 Å². The van der Waals surface area contributed by atoms with Crippen molar-refractivity contribution in [2.24, 2.45) is 0 Å². The van der Waals surface area contributed by atoms with Crippen LogP contribution in [0.3, 0.4) is 0 Å². The van der Waals surface area contributed by atoms with Crippen LogP contribution < -0.4 is 0 Å². The van der Waals surface area contributed by atoms with Gasteiger partial charge in [0.05, 0.1) is 11.0 Å². The Morgan fingerprint density at radius 2 is 2.05 bits per heavy atom. The number of nitrogens with zero attached hydrogens (tertiary/aromatic N) is 1. The zero-order valence-electron chi connectivity index (χ0n) is 10.9. The number of methoxy groups -OCH3 is 1. The van der Waals surface area contributed by atoms with Crippen LogP contribution in [0.5, 0.6) is 0 Å². The third-order valence-corrected chi connectivity index (χ3v) is 5.92. The Kier molecular flexibility index (Phi) is 5.00. The van der Waals surface area contributed by atoms with E-state index in [1.165, 1.54) is 4.31 Å². The van der Waals surface area contributed by atoms with E-state index in [1.807, 2.05) is 12.1 Å². The van der Waals surface area contributed by atoms with E-state index < -0.39 is 10.0 Å². The molecule has 0 N–H and O–H groups in total. The molecule has 1 fully saturated rings. The summed E-state index contributed by atoms with van der Waals surface area (Å²) in [5.41, 5.74) is 1.06. The molecular weight excluding hydrogens is 330 g/mol. The van der Waals surface area contributed by atoms with E-state index in [2.05, 4.69) is 15.9 Å². The number of rotatable bonds is 4. The predicted molar refractivity (Wildman–Crippen MR) is 77.9 cm³/mol. The van der Waals surface area contributed by atoms with Gasteiger partial charge in [-0.3, -0.25) is 0 Å². The molecule has 1 aromatic rings. The summed E-state index contributed by atoms with van der Waals surface area (Å²) in [6.07, 6.45) is 1.77. The number of piperidine rings is 1. The summed E-state index contributed by atoms with van der Waals surface area (Å²) < 4.78 is 31.8.